The summed E-state index contributed by atoms with van der Waals surface area (Å²) in [4.78, 5) is 19.3. The number of rotatable bonds is 6. The van der Waals surface area contributed by atoms with E-state index in [1.807, 2.05) is 65.6 Å². The molecule has 0 atom stereocenters. The second-order valence-electron chi connectivity index (χ2n) is 5.76. The van der Waals surface area contributed by atoms with E-state index >= 15 is 0 Å². The molecule has 0 bridgehead atoms. The van der Waals surface area contributed by atoms with E-state index in [-0.39, 0.29) is 5.91 Å². The van der Waals surface area contributed by atoms with E-state index in [9.17, 15) is 4.79 Å². The van der Waals surface area contributed by atoms with E-state index in [0.29, 0.717) is 18.7 Å². The van der Waals surface area contributed by atoms with Crippen LogP contribution in [0.3, 0.4) is 0 Å². The molecule has 1 amide bonds. The van der Waals surface area contributed by atoms with Gasteiger partial charge >= 0.3 is 0 Å². The fraction of sp³-hybridized carbons (Fsp3) is 0.143. The molecule has 3 aromatic rings. The minimum atomic E-state index is 0.00839. The maximum Gasteiger partial charge on any atom is 0.255 e. The molecule has 0 spiro atoms. The Morgan fingerprint density at radius 3 is 2.36 bits per heavy atom. The van der Waals surface area contributed by atoms with Gasteiger partial charge in [0.15, 0.2) is 0 Å². The molecular formula is C21H19BrN2O. The van der Waals surface area contributed by atoms with Crippen LogP contribution in [0.2, 0.25) is 0 Å². The van der Waals surface area contributed by atoms with Gasteiger partial charge in [-0.3, -0.25) is 9.78 Å². The predicted octanol–water partition coefficient (Wildman–Crippen LogP) is 4.73. The topological polar surface area (TPSA) is 33.2 Å². The van der Waals surface area contributed by atoms with Crippen LogP contribution in [0.15, 0.2) is 83.5 Å². The summed E-state index contributed by atoms with van der Waals surface area (Å²) >= 11 is 3.48. The summed E-state index contributed by atoms with van der Waals surface area (Å²) < 4.78 is 0.811. The van der Waals surface area contributed by atoms with Gasteiger partial charge in [0.05, 0.1) is 17.8 Å². The van der Waals surface area contributed by atoms with Gasteiger partial charge in [-0.1, -0.05) is 48.5 Å². The second kappa shape index (κ2) is 8.58. The van der Waals surface area contributed by atoms with E-state index in [4.69, 9.17) is 0 Å². The summed E-state index contributed by atoms with van der Waals surface area (Å²) in [5.41, 5.74) is 2.77. The smallest absolute Gasteiger partial charge is 0.255 e. The van der Waals surface area contributed by atoms with Crippen molar-refractivity contribution in [1.82, 2.24) is 9.88 Å². The largest absolute Gasteiger partial charge is 0.332 e. The van der Waals surface area contributed by atoms with Crippen molar-refractivity contribution in [2.24, 2.45) is 0 Å². The third-order valence-corrected chi connectivity index (χ3v) is 4.68. The van der Waals surface area contributed by atoms with Gasteiger partial charge in [0.1, 0.15) is 0 Å². The van der Waals surface area contributed by atoms with Crippen molar-refractivity contribution in [1.29, 1.82) is 0 Å². The summed E-state index contributed by atoms with van der Waals surface area (Å²) in [5, 5.41) is 0. The summed E-state index contributed by atoms with van der Waals surface area (Å²) in [5.74, 6) is 0.00839. The van der Waals surface area contributed by atoms with Crippen molar-refractivity contribution in [3.63, 3.8) is 0 Å². The Labute approximate surface area is 156 Å². The SMILES string of the molecule is O=C(c1ccccc1Br)N(CCc1ccccc1)Cc1ccccn1. The van der Waals surface area contributed by atoms with Crippen LogP contribution in [0.4, 0.5) is 0 Å². The number of nitrogens with zero attached hydrogens (tertiary/aromatic N) is 2. The zero-order valence-electron chi connectivity index (χ0n) is 13.8. The normalized spacial score (nSPS) is 10.4. The summed E-state index contributed by atoms with van der Waals surface area (Å²) in [6.45, 7) is 1.13. The van der Waals surface area contributed by atoms with Crippen LogP contribution in [0.1, 0.15) is 21.6 Å². The quantitative estimate of drug-likeness (QED) is 0.605. The van der Waals surface area contributed by atoms with Crippen LogP contribution < -0.4 is 0 Å². The van der Waals surface area contributed by atoms with Gasteiger partial charge in [0, 0.05) is 17.2 Å². The zero-order valence-corrected chi connectivity index (χ0v) is 15.4. The predicted molar refractivity (Wildman–Crippen MR) is 103 cm³/mol. The van der Waals surface area contributed by atoms with Gasteiger partial charge in [-0.25, -0.2) is 0 Å². The molecule has 0 fully saturated rings. The van der Waals surface area contributed by atoms with Gasteiger partial charge in [0.2, 0.25) is 0 Å². The summed E-state index contributed by atoms with van der Waals surface area (Å²) in [6, 6.07) is 23.5. The van der Waals surface area contributed by atoms with Crippen LogP contribution in [-0.4, -0.2) is 22.3 Å². The fourth-order valence-electron chi connectivity index (χ4n) is 2.65. The molecule has 126 valence electrons. The Hall–Kier alpha value is -2.46. The van der Waals surface area contributed by atoms with Gasteiger partial charge in [0.25, 0.3) is 5.91 Å². The van der Waals surface area contributed by atoms with Crippen LogP contribution in [0, 0.1) is 0 Å². The molecule has 0 saturated heterocycles. The van der Waals surface area contributed by atoms with Crippen LogP contribution in [-0.2, 0) is 13.0 Å². The summed E-state index contributed by atoms with van der Waals surface area (Å²) in [6.07, 6.45) is 2.57. The van der Waals surface area contributed by atoms with Gasteiger partial charge in [-0.2, -0.15) is 0 Å². The maximum absolute atomic E-state index is 13.1. The first kappa shape index (κ1) is 17.4. The monoisotopic (exact) mass is 394 g/mol. The highest BCUT2D eigenvalue weighted by atomic mass is 79.9. The third kappa shape index (κ3) is 4.77. The summed E-state index contributed by atoms with van der Waals surface area (Å²) in [7, 11) is 0. The van der Waals surface area contributed by atoms with Crippen molar-refractivity contribution < 1.29 is 4.79 Å². The van der Waals surface area contributed by atoms with Crippen molar-refractivity contribution in [2.45, 2.75) is 13.0 Å². The molecule has 2 aromatic carbocycles. The molecule has 25 heavy (non-hydrogen) atoms. The van der Waals surface area contributed by atoms with Crippen molar-refractivity contribution in [2.75, 3.05) is 6.54 Å². The molecule has 3 nitrogen and oxygen atoms in total. The van der Waals surface area contributed by atoms with E-state index in [0.717, 1.165) is 16.6 Å². The Kier molecular flexibility index (Phi) is 5.96. The number of benzene rings is 2. The lowest BCUT2D eigenvalue weighted by Gasteiger charge is -2.23. The lowest BCUT2D eigenvalue weighted by Crippen LogP contribution is -2.33. The molecule has 0 saturated carbocycles. The minimum absolute atomic E-state index is 0.00839. The van der Waals surface area contributed by atoms with E-state index in [1.54, 1.807) is 6.20 Å². The third-order valence-electron chi connectivity index (χ3n) is 3.98. The Morgan fingerprint density at radius 1 is 0.920 bits per heavy atom. The number of carbonyl (C=O) groups excluding carboxylic acids is 1. The lowest BCUT2D eigenvalue weighted by molar-refractivity contribution is 0.0742. The number of aromatic nitrogens is 1. The van der Waals surface area contributed by atoms with Crippen LogP contribution in [0.25, 0.3) is 0 Å². The average molecular weight is 395 g/mol. The molecule has 0 aliphatic rings. The molecule has 4 heteroatoms. The molecule has 0 aliphatic carbocycles. The fourth-order valence-corrected chi connectivity index (χ4v) is 3.11. The number of carbonyl (C=O) groups is 1. The second-order valence-corrected chi connectivity index (χ2v) is 6.62. The first-order valence-electron chi connectivity index (χ1n) is 8.21. The number of amides is 1. The van der Waals surface area contributed by atoms with Gasteiger partial charge in [-0.15, -0.1) is 0 Å². The molecule has 0 radical (unpaired) electrons. The highest BCUT2D eigenvalue weighted by Gasteiger charge is 2.18. The van der Waals surface area contributed by atoms with Gasteiger partial charge < -0.3 is 4.90 Å². The highest BCUT2D eigenvalue weighted by Crippen LogP contribution is 2.19. The number of hydrogen-bond acceptors (Lipinski definition) is 2. The minimum Gasteiger partial charge on any atom is -0.332 e. The Balaban J connectivity index is 1.80. The molecule has 0 N–H and O–H groups in total. The lowest BCUT2D eigenvalue weighted by atomic mass is 10.1. The van der Waals surface area contributed by atoms with Crippen molar-refractivity contribution in [3.05, 3.63) is 100 Å². The molecule has 1 heterocycles. The van der Waals surface area contributed by atoms with Crippen molar-refractivity contribution >= 4 is 21.8 Å². The van der Waals surface area contributed by atoms with E-state index in [1.165, 1.54) is 5.56 Å². The molecule has 0 aliphatic heterocycles. The van der Waals surface area contributed by atoms with E-state index in [2.05, 4.69) is 33.0 Å². The number of hydrogen-bond donors (Lipinski definition) is 0. The number of halogens is 1. The van der Waals surface area contributed by atoms with Crippen molar-refractivity contribution in [3.8, 4) is 0 Å². The Morgan fingerprint density at radius 2 is 1.64 bits per heavy atom. The highest BCUT2D eigenvalue weighted by molar-refractivity contribution is 9.10. The van der Waals surface area contributed by atoms with Gasteiger partial charge in [-0.05, 0) is 52.2 Å². The van der Waals surface area contributed by atoms with E-state index < -0.39 is 0 Å². The molecule has 1 aromatic heterocycles. The molecule has 3 rings (SSSR count). The maximum atomic E-state index is 13.1. The first-order valence-corrected chi connectivity index (χ1v) is 9.01. The standard InChI is InChI=1S/C21H19BrN2O/c22-20-12-5-4-11-19(20)21(25)24(16-18-10-6-7-14-23-18)15-13-17-8-2-1-3-9-17/h1-12,14H,13,15-16H2. The molecule has 0 unspecified atom stereocenters. The average Bonchev–Trinajstić information content (AvgIpc) is 2.66. The first-order chi connectivity index (χ1) is 12.2. The zero-order chi connectivity index (χ0) is 17.5. The van der Waals surface area contributed by atoms with Crippen LogP contribution >= 0.6 is 15.9 Å². The van der Waals surface area contributed by atoms with Crippen LogP contribution in [0.5, 0.6) is 0 Å². The molecular weight excluding hydrogens is 376 g/mol. The number of pyridine rings is 1. The Bertz CT molecular complexity index is 822.